The molecule has 2 heteroatoms. The first-order valence-corrected chi connectivity index (χ1v) is 5.75. The van der Waals surface area contributed by atoms with Gasteiger partial charge in [-0.25, -0.2) is 0 Å². The quantitative estimate of drug-likeness (QED) is 0.745. The lowest BCUT2D eigenvalue weighted by Gasteiger charge is -2.19. The van der Waals surface area contributed by atoms with Crippen LogP contribution >= 0.6 is 0 Å². The molecule has 0 amide bonds. The summed E-state index contributed by atoms with van der Waals surface area (Å²) in [6, 6.07) is 5.98. The van der Waals surface area contributed by atoms with E-state index in [1.807, 2.05) is 45.9 Å². The van der Waals surface area contributed by atoms with Gasteiger partial charge in [0.1, 0.15) is 5.60 Å². The summed E-state index contributed by atoms with van der Waals surface area (Å²) in [5, 5.41) is 0. The maximum atomic E-state index is 11.8. The highest BCUT2D eigenvalue weighted by Gasteiger charge is 2.17. The van der Waals surface area contributed by atoms with Crippen LogP contribution in [0.15, 0.2) is 24.8 Å². The monoisotopic (exact) mass is 232 g/mol. The van der Waals surface area contributed by atoms with Crippen LogP contribution in [-0.2, 0) is 16.0 Å². The van der Waals surface area contributed by atoms with Gasteiger partial charge in [-0.3, -0.25) is 4.79 Å². The standard InChI is InChI=1S/C15H20O2/c1-6-12-8-7-11(2)9-13(12)10-14(16)17-15(3,4)5/h6-9H,1,10H2,2-5H3. The second kappa shape index (κ2) is 5.17. The van der Waals surface area contributed by atoms with Crippen LogP contribution in [0.25, 0.3) is 6.08 Å². The lowest BCUT2D eigenvalue weighted by atomic mass is 10.0. The molecule has 0 N–H and O–H groups in total. The van der Waals surface area contributed by atoms with Crippen molar-refractivity contribution in [3.05, 3.63) is 41.5 Å². The minimum absolute atomic E-state index is 0.203. The molecular formula is C15H20O2. The van der Waals surface area contributed by atoms with Gasteiger partial charge in [0.25, 0.3) is 0 Å². The Morgan fingerprint density at radius 3 is 2.59 bits per heavy atom. The fraction of sp³-hybridized carbons (Fsp3) is 0.400. The molecule has 0 fully saturated rings. The van der Waals surface area contributed by atoms with Gasteiger partial charge < -0.3 is 4.74 Å². The number of benzene rings is 1. The number of hydrogen-bond donors (Lipinski definition) is 0. The maximum absolute atomic E-state index is 11.8. The summed E-state index contributed by atoms with van der Waals surface area (Å²) in [4.78, 5) is 11.8. The molecule has 0 aliphatic heterocycles. The number of ether oxygens (including phenoxy) is 1. The first-order chi connectivity index (χ1) is 7.81. The first-order valence-electron chi connectivity index (χ1n) is 5.75. The van der Waals surface area contributed by atoms with Gasteiger partial charge in [0.05, 0.1) is 6.42 Å². The van der Waals surface area contributed by atoms with E-state index in [0.29, 0.717) is 6.42 Å². The van der Waals surface area contributed by atoms with E-state index < -0.39 is 5.60 Å². The molecule has 0 unspecified atom stereocenters. The second-order valence-corrected chi connectivity index (χ2v) is 5.17. The first kappa shape index (κ1) is 13.5. The summed E-state index contributed by atoms with van der Waals surface area (Å²) in [5.41, 5.74) is 2.65. The molecule has 0 aliphatic rings. The van der Waals surface area contributed by atoms with E-state index in [1.165, 1.54) is 0 Å². The number of rotatable bonds is 3. The molecule has 0 saturated carbocycles. The fourth-order valence-electron chi connectivity index (χ4n) is 1.62. The summed E-state index contributed by atoms with van der Waals surface area (Å²) >= 11 is 0. The van der Waals surface area contributed by atoms with Gasteiger partial charge in [0.2, 0.25) is 0 Å². The molecule has 1 rings (SSSR count). The van der Waals surface area contributed by atoms with E-state index in [9.17, 15) is 4.79 Å². The topological polar surface area (TPSA) is 26.3 Å². The van der Waals surface area contributed by atoms with E-state index in [2.05, 4.69) is 6.58 Å². The summed E-state index contributed by atoms with van der Waals surface area (Å²) in [6.45, 7) is 11.4. The molecule has 0 aliphatic carbocycles. The highest BCUT2D eigenvalue weighted by atomic mass is 16.6. The van der Waals surface area contributed by atoms with Crippen molar-refractivity contribution in [2.75, 3.05) is 0 Å². The van der Waals surface area contributed by atoms with Crippen molar-refractivity contribution in [2.45, 2.75) is 39.7 Å². The molecule has 0 saturated heterocycles. The zero-order chi connectivity index (χ0) is 13.1. The lowest BCUT2D eigenvalue weighted by molar-refractivity contribution is -0.153. The average molecular weight is 232 g/mol. The SMILES string of the molecule is C=Cc1ccc(C)cc1CC(=O)OC(C)(C)C. The van der Waals surface area contributed by atoms with Crippen LogP contribution in [0.2, 0.25) is 0 Å². The molecule has 0 radical (unpaired) electrons. The third kappa shape index (κ3) is 4.43. The Kier molecular flexibility index (Phi) is 4.11. The van der Waals surface area contributed by atoms with Gasteiger partial charge >= 0.3 is 5.97 Å². The van der Waals surface area contributed by atoms with Crippen LogP contribution in [0.4, 0.5) is 0 Å². The van der Waals surface area contributed by atoms with Gasteiger partial charge in [-0.15, -0.1) is 0 Å². The largest absolute Gasteiger partial charge is 0.460 e. The lowest BCUT2D eigenvalue weighted by Crippen LogP contribution is -2.25. The second-order valence-electron chi connectivity index (χ2n) is 5.17. The molecule has 0 bridgehead atoms. The molecule has 0 atom stereocenters. The average Bonchev–Trinajstić information content (AvgIpc) is 2.14. The van der Waals surface area contributed by atoms with Crippen LogP contribution in [0.1, 0.15) is 37.5 Å². The number of hydrogen-bond acceptors (Lipinski definition) is 2. The minimum Gasteiger partial charge on any atom is -0.460 e. The molecule has 0 heterocycles. The molecule has 2 nitrogen and oxygen atoms in total. The van der Waals surface area contributed by atoms with Crippen LogP contribution in [0.5, 0.6) is 0 Å². The zero-order valence-corrected chi connectivity index (χ0v) is 11.0. The van der Waals surface area contributed by atoms with Gasteiger partial charge in [-0.2, -0.15) is 0 Å². The number of esters is 1. The van der Waals surface area contributed by atoms with Crippen molar-refractivity contribution < 1.29 is 9.53 Å². The van der Waals surface area contributed by atoms with Crippen molar-refractivity contribution in [3.63, 3.8) is 0 Å². The summed E-state index contributed by atoms with van der Waals surface area (Å²) in [6.07, 6.45) is 2.06. The van der Waals surface area contributed by atoms with E-state index >= 15 is 0 Å². The van der Waals surface area contributed by atoms with Gasteiger partial charge in [-0.05, 0) is 38.8 Å². The van der Waals surface area contributed by atoms with Crippen molar-refractivity contribution in [2.24, 2.45) is 0 Å². The Bertz CT molecular complexity index is 425. The van der Waals surface area contributed by atoms with Crippen LogP contribution in [-0.4, -0.2) is 11.6 Å². The van der Waals surface area contributed by atoms with Gasteiger partial charge in [0.15, 0.2) is 0 Å². The van der Waals surface area contributed by atoms with Crippen molar-refractivity contribution in [3.8, 4) is 0 Å². The molecule has 0 spiro atoms. The van der Waals surface area contributed by atoms with Crippen LogP contribution < -0.4 is 0 Å². The highest BCUT2D eigenvalue weighted by Crippen LogP contribution is 2.16. The normalized spacial score (nSPS) is 11.1. The van der Waals surface area contributed by atoms with Crippen molar-refractivity contribution >= 4 is 12.0 Å². The fourth-order valence-corrected chi connectivity index (χ4v) is 1.62. The summed E-state index contributed by atoms with van der Waals surface area (Å²) in [5.74, 6) is -0.203. The molecule has 0 aromatic heterocycles. The predicted octanol–water partition coefficient (Wildman–Crippen LogP) is 3.52. The molecular weight excluding hydrogens is 212 g/mol. The Morgan fingerprint density at radius 2 is 2.06 bits per heavy atom. The van der Waals surface area contributed by atoms with E-state index in [4.69, 9.17) is 4.74 Å². The van der Waals surface area contributed by atoms with Crippen LogP contribution in [0, 0.1) is 6.92 Å². The minimum atomic E-state index is -0.435. The summed E-state index contributed by atoms with van der Waals surface area (Å²) in [7, 11) is 0. The molecule has 17 heavy (non-hydrogen) atoms. The van der Waals surface area contributed by atoms with Crippen LogP contribution in [0.3, 0.4) is 0 Å². The Balaban J connectivity index is 2.84. The predicted molar refractivity (Wildman–Crippen MR) is 70.8 cm³/mol. The van der Waals surface area contributed by atoms with Gasteiger partial charge in [-0.1, -0.05) is 36.4 Å². The number of carbonyl (C=O) groups is 1. The Morgan fingerprint density at radius 1 is 1.41 bits per heavy atom. The molecule has 1 aromatic carbocycles. The van der Waals surface area contributed by atoms with E-state index in [1.54, 1.807) is 6.08 Å². The molecule has 1 aromatic rings. The maximum Gasteiger partial charge on any atom is 0.310 e. The van der Waals surface area contributed by atoms with E-state index in [-0.39, 0.29) is 5.97 Å². The zero-order valence-electron chi connectivity index (χ0n) is 11.0. The Labute approximate surface area is 103 Å². The smallest absolute Gasteiger partial charge is 0.310 e. The van der Waals surface area contributed by atoms with Gasteiger partial charge in [0, 0.05) is 0 Å². The highest BCUT2D eigenvalue weighted by molar-refractivity contribution is 5.75. The molecule has 92 valence electrons. The summed E-state index contributed by atoms with van der Waals surface area (Å²) < 4.78 is 5.31. The third-order valence-electron chi connectivity index (χ3n) is 2.27. The number of aryl methyl sites for hydroxylation is 1. The van der Waals surface area contributed by atoms with Crippen molar-refractivity contribution in [1.82, 2.24) is 0 Å². The van der Waals surface area contributed by atoms with E-state index in [0.717, 1.165) is 16.7 Å². The number of carbonyl (C=O) groups excluding carboxylic acids is 1. The Hall–Kier alpha value is -1.57. The third-order valence-corrected chi connectivity index (χ3v) is 2.27. The van der Waals surface area contributed by atoms with Crippen molar-refractivity contribution in [1.29, 1.82) is 0 Å².